The summed E-state index contributed by atoms with van der Waals surface area (Å²) in [6.45, 7) is 5.31. The smallest absolute Gasteiger partial charge is 0.144 e. The van der Waals surface area contributed by atoms with Crippen molar-refractivity contribution >= 4 is 28.7 Å². The van der Waals surface area contributed by atoms with Crippen molar-refractivity contribution in [2.45, 2.75) is 38.4 Å². The van der Waals surface area contributed by atoms with Gasteiger partial charge in [0.05, 0.1) is 0 Å². The largest absolute Gasteiger partial charge is 0.591 e. The fourth-order valence-corrected chi connectivity index (χ4v) is 2.22. The minimum atomic E-state index is -1.53. The summed E-state index contributed by atoms with van der Waals surface area (Å²) < 4.78 is 42.7. The van der Waals surface area contributed by atoms with Gasteiger partial charge in [-0.3, -0.25) is 0 Å². The number of nitrogens with zero attached hydrogens (tertiary/aromatic N) is 1. The van der Waals surface area contributed by atoms with E-state index in [2.05, 4.69) is 4.40 Å². The van der Waals surface area contributed by atoms with Crippen molar-refractivity contribution < 1.29 is 13.3 Å². The van der Waals surface area contributed by atoms with Crippen LogP contribution in [0.15, 0.2) is 22.6 Å². The van der Waals surface area contributed by atoms with E-state index in [4.69, 9.17) is 11.6 Å². The summed E-state index contributed by atoms with van der Waals surface area (Å²) in [6, 6.07) is 3.15. The summed E-state index contributed by atoms with van der Waals surface area (Å²) in [4.78, 5) is 0. The molecule has 0 aliphatic rings. The Bertz CT molecular complexity index is 489. The Morgan fingerprint density at radius 2 is 2.00 bits per heavy atom. The maximum atomic E-state index is 13.8. The van der Waals surface area contributed by atoms with Crippen molar-refractivity contribution in [3.05, 3.63) is 35.4 Å². The van der Waals surface area contributed by atoms with Crippen LogP contribution in [-0.4, -0.2) is 20.9 Å². The van der Waals surface area contributed by atoms with Gasteiger partial charge < -0.3 is 4.55 Å². The van der Waals surface area contributed by atoms with Crippen LogP contribution in [0.3, 0.4) is 0 Å². The minimum absolute atomic E-state index is 0.0488. The predicted molar refractivity (Wildman–Crippen MR) is 80.7 cm³/mol. The molecular formula is C14H18ClF2NOS. The molecule has 0 aliphatic carbocycles. The zero-order chi connectivity index (χ0) is 15.3. The highest BCUT2D eigenvalue weighted by Crippen LogP contribution is 2.21. The van der Waals surface area contributed by atoms with Gasteiger partial charge in [-0.1, -0.05) is 4.40 Å². The van der Waals surface area contributed by atoms with Crippen LogP contribution in [0.1, 0.15) is 39.2 Å². The maximum absolute atomic E-state index is 13.8. The third-order valence-corrected chi connectivity index (χ3v) is 4.20. The fourth-order valence-electron chi connectivity index (χ4n) is 1.42. The van der Waals surface area contributed by atoms with E-state index in [1.165, 1.54) is 0 Å². The van der Waals surface area contributed by atoms with Crippen LogP contribution in [0, 0.1) is 11.6 Å². The first-order valence-corrected chi connectivity index (χ1v) is 7.91. The molecule has 112 valence electrons. The molecule has 0 saturated heterocycles. The molecule has 1 atom stereocenters. The first-order valence-electron chi connectivity index (χ1n) is 6.26. The lowest BCUT2D eigenvalue weighted by Gasteiger charge is -2.19. The number of rotatable bonds is 5. The van der Waals surface area contributed by atoms with Crippen LogP contribution in [0.4, 0.5) is 8.78 Å². The van der Waals surface area contributed by atoms with Crippen molar-refractivity contribution in [1.29, 1.82) is 0 Å². The minimum Gasteiger partial charge on any atom is -0.591 e. The average molecular weight is 322 g/mol. The van der Waals surface area contributed by atoms with Gasteiger partial charge in [0.25, 0.3) is 0 Å². The molecule has 0 spiro atoms. The van der Waals surface area contributed by atoms with E-state index in [9.17, 15) is 13.3 Å². The number of alkyl halides is 1. The van der Waals surface area contributed by atoms with Gasteiger partial charge in [0, 0.05) is 11.4 Å². The van der Waals surface area contributed by atoms with E-state index >= 15 is 0 Å². The van der Waals surface area contributed by atoms with E-state index < -0.39 is 27.7 Å². The molecule has 0 N–H and O–H groups in total. The third-order valence-electron chi connectivity index (χ3n) is 2.50. The molecule has 20 heavy (non-hydrogen) atoms. The molecule has 2 nitrogen and oxygen atoms in total. The van der Waals surface area contributed by atoms with Crippen molar-refractivity contribution in [3.63, 3.8) is 0 Å². The van der Waals surface area contributed by atoms with Crippen LogP contribution in [0.2, 0.25) is 0 Å². The molecule has 0 radical (unpaired) electrons. The van der Waals surface area contributed by atoms with Gasteiger partial charge >= 0.3 is 0 Å². The maximum Gasteiger partial charge on any atom is 0.144 e. The van der Waals surface area contributed by atoms with Crippen molar-refractivity contribution in [1.82, 2.24) is 0 Å². The Morgan fingerprint density at radius 1 is 1.35 bits per heavy atom. The highest BCUT2D eigenvalue weighted by atomic mass is 35.5. The molecule has 1 rings (SSSR count). The Hall–Kier alpha value is -0.650. The van der Waals surface area contributed by atoms with Crippen LogP contribution in [0.5, 0.6) is 0 Å². The lowest BCUT2D eigenvalue weighted by Crippen LogP contribution is -2.27. The van der Waals surface area contributed by atoms with E-state index in [1.807, 2.05) is 0 Å². The molecule has 0 bridgehead atoms. The molecule has 0 unspecified atom stereocenters. The van der Waals surface area contributed by atoms with E-state index in [0.717, 1.165) is 18.2 Å². The first-order chi connectivity index (χ1) is 9.25. The second-order valence-electron chi connectivity index (χ2n) is 5.32. The summed E-state index contributed by atoms with van der Waals surface area (Å²) in [6.07, 6.45) is 0.906. The molecule has 0 aliphatic heterocycles. The van der Waals surface area contributed by atoms with Gasteiger partial charge in [-0.25, -0.2) is 8.78 Å². The molecule has 1 aromatic carbocycles. The Labute approximate surface area is 126 Å². The zero-order valence-electron chi connectivity index (χ0n) is 11.8. The molecule has 0 heterocycles. The molecule has 0 aromatic heterocycles. The monoisotopic (exact) mass is 321 g/mol. The average Bonchev–Trinajstić information content (AvgIpc) is 2.36. The topological polar surface area (TPSA) is 35.4 Å². The summed E-state index contributed by atoms with van der Waals surface area (Å²) in [5, 5.41) is 0. The van der Waals surface area contributed by atoms with Crippen LogP contribution in [-0.2, 0) is 11.4 Å². The van der Waals surface area contributed by atoms with Crippen LogP contribution < -0.4 is 0 Å². The van der Waals surface area contributed by atoms with Crippen LogP contribution in [0.25, 0.3) is 0 Å². The van der Waals surface area contributed by atoms with Crippen LogP contribution >= 0.6 is 11.6 Å². The number of halogens is 3. The second-order valence-corrected chi connectivity index (χ2v) is 7.60. The molecule has 0 amide bonds. The molecule has 1 aromatic rings. The Morgan fingerprint density at radius 3 is 2.55 bits per heavy atom. The standard InChI is InChI=1S/C14H18ClF2NOS/c1-14(2,3)20(19)18-13(5-4-8-15)11-9-10(16)6-7-12(11)17/h6-7,9H,4-5,8H2,1-3H3/b18-13-/t20-/m0/s1. The van der Waals surface area contributed by atoms with Gasteiger partial charge in [0.15, 0.2) is 0 Å². The van der Waals surface area contributed by atoms with E-state index in [1.54, 1.807) is 20.8 Å². The van der Waals surface area contributed by atoms with Gasteiger partial charge in [0.1, 0.15) is 33.5 Å². The lowest BCUT2D eigenvalue weighted by atomic mass is 10.1. The Kier molecular flexibility index (Phi) is 6.43. The van der Waals surface area contributed by atoms with Gasteiger partial charge in [0.2, 0.25) is 0 Å². The molecule has 6 heteroatoms. The lowest BCUT2D eigenvalue weighted by molar-refractivity contribution is 0.561. The number of hydrogen-bond acceptors (Lipinski definition) is 2. The van der Waals surface area contributed by atoms with Gasteiger partial charge in [-0.05, 0) is 51.8 Å². The molecule has 0 saturated carbocycles. The first kappa shape index (κ1) is 17.4. The summed E-state index contributed by atoms with van der Waals surface area (Å²) in [5.74, 6) is -0.759. The van der Waals surface area contributed by atoms with Gasteiger partial charge in [-0.2, -0.15) is 0 Å². The van der Waals surface area contributed by atoms with Gasteiger partial charge in [-0.15, -0.1) is 11.6 Å². The summed E-state index contributed by atoms with van der Waals surface area (Å²) in [7, 11) is 0. The quantitative estimate of drug-likeness (QED) is 0.454. The SMILES string of the molecule is CC(C)(C)[S@+]([O-])/N=C(/CCCCl)c1cc(F)ccc1F. The predicted octanol–water partition coefficient (Wildman–Crippen LogP) is 4.24. The highest BCUT2D eigenvalue weighted by Gasteiger charge is 2.28. The van der Waals surface area contributed by atoms with Crippen molar-refractivity contribution in [3.8, 4) is 0 Å². The Balaban J connectivity index is 3.18. The normalized spacial score (nSPS) is 14.4. The molecule has 0 fully saturated rings. The van der Waals surface area contributed by atoms with Crippen molar-refractivity contribution in [2.24, 2.45) is 4.40 Å². The van der Waals surface area contributed by atoms with E-state index in [-0.39, 0.29) is 11.3 Å². The second kappa shape index (κ2) is 7.38. The zero-order valence-corrected chi connectivity index (χ0v) is 13.3. The number of hydrogen-bond donors (Lipinski definition) is 0. The summed E-state index contributed by atoms with van der Waals surface area (Å²) in [5.41, 5.74) is 0.337. The third kappa shape index (κ3) is 5.04. The molecular weight excluding hydrogens is 304 g/mol. The fraction of sp³-hybridized carbons (Fsp3) is 0.500. The highest BCUT2D eigenvalue weighted by molar-refractivity contribution is 7.91. The van der Waals surface area contributed by atoms with Crippen molar-refractivity contribution in [2.75, 3.05) is 5.88 Å². The number of benzene rings is 1. The summed E-state index contributed by atoms with van der Waals surface area (Å²) >= 11 is 4.10. The van der Waals surface area contributed by atoms with E-state index in [0.29, 0.717) is 18.7 Å².